The van der Waals surface area contributed by atoms with Gasteiger partial charge in [-0.05, 0) is 18.6 Å². The van der Waals surface area contributed by atoms with Crippen LogP contribution < -0.4 is 10.1 Å². The second kappa shape index (κ2) is 10.9. The summed E-state index contributed by atoms with van der Waals surface area (Å²) < 4.78 is 16.1. The van der Waals surface area contributed by atoms with E-state index in [0.29, 0.717) is 18.2 Å². The lowest BCUT2D eigenvalue weighted by Crippen LogP contribution is -2.85. The Labute approximate surface area is 126 Å². The van der Waals surface area contributed by atoms with Gasteiger partial charge >= 0.3 is 0 Å². The van der Waals surface area contributed by atoms with Gasteiger partial charge in [-0.1, -0.05) is 23.7 Å². The van der Waals surface area contributed by atoms with E-state index in [2.05, 4.69) is 5.32 Å². The number of nitrogens with two attached hydrogens (primary N) is 1. The van der Waals surface area contributed by atoms with E-state index in [0.717, 1.165) is 44.0 Å². The molecule has 114 valence electrons. The third-order valence-electron chi connectivity index (χ3n) is 2.86. The van der Waals surface area contributed by atoms with Crippen LogP contribution in [0.4, 0.5) is 0 Å². The summed E-state index contributed by atoms with van der Waals surface area (Å²) in [6, 6.07) is 5.73. The van der Waals surface area contributed by atoms with Gasteiger partial charge in [-0.15, -0.1) is 0 Å². The van der Waals surface area contributed by atoms with Gasteiger partial charge in [-0.2, -0.15) is 0 Å². The molecule has 0 aliphatic carbocycles. The maximum atomic E-state index is 6.07. The van der Waals surface area contributed by atoms with Crippen molar-refractivity contribution in [3.8, 4) is 5.75 Å². The molecule has 4 nitrogen and oxygen atoms in total. The Morgan fingerprint density at radius 1 is 1.10 bits per heavy atom. The first kappa shape index (κ1) is 17.2. The zero-order chi connectivity index (χ0) is 14.6. The number of hydrogen-bond acceptors (Lipinski definition) is 3. The summed E-state index contributed by atoms with van der Waals surface area (Å²) in [6.07, 6.45) is 1.07. The molecular weight excluding hydrogens is 278 g/mol. The van der Waals surface area contributed by atoms with Crippen LogP contribution in [-0.2, 0) is 9.47 Å². The molecule has 0 unspecified atom stereocenters. The third-order valence-corrected chi connectivity index (χ3v) is 3.16. The fourth-order valence-electron chi connectivity index (χ4n) is 1.79. The maximum Gasteiger partial charge on any atom is 0.140 e. The van der Waals surface area contributed by atoms with Gasteiger partial charge in [0.25, 0.3) is 0 Å². The van der Waals surface area contributed by atoms with Crippen molar-refractivity contribution in [2.75, 3.05) is 46.6 Å². The van der Waals surface area contributed by atoms with Gasteiger partial charge in [0.05, 0.1) is 37.9 Å². The molecule has 0 bridgehead atoms. The van der Waals surface area contributed by atoms with Crippen molar-refractivity contribution in [1.82, 2.24) is 0 Å². The highest BCUT2D eigenvalue weighted by Crippen LogP contribution is 2.27. The van der Waals surface area contributed by atoms with Gasteiger partial charge in [-0.25, -0.2) is 0 Å². The van der Waals surface area contributed by atoms with Crippen LogP contribution in [0.3, 0.4) is 0 Å². The van der Waals surface area contributed by atoms with E-state index < -0.39 is 0 Å². The smallest absolute Gasteiger partial charge is 0.140 e. The Morgan fingerprint density at radius 3 is 2.70 bits per heavy atom. The van der Waals surface area contributed by atoms with Gasteiger partial charge in [0.15, 0.2) is 0 Å². The molecule has 0 spiro atoms. The Morgan fingerprint density at radius 2 is 1.95 bits per heavy atom. The van der Waals surface area contributed by atoms with Gasteiger partial charge < -0.3 is 19.5 Å². The number of halogens is 1. The lowest BCUT2D eigenvalue weighted by Gasteiger charge is -2.10. The van der Waals surface area contributed by atoms with Crippen molar-refractivity contribution in [2.45, 2.75) is 13.3 Å². The molecule has 1 aromatic carbocycles. The molecule has 2 N–H and O–H groups in total. The average Bonchev–Trinajstić information content (AvgIpc) is 2.43. The lowest BCUT2D eigenvalue weighted by atomic mass is 10.2. The molecule has 0 aliphatic heterocycles. The minimum Gasteiger partial charge on any atom is -0.489 e. The Bertz CT molecular complexity index is 354. The van der Waals surface area contributed by atoms with E-state index in [1.54, 1.807) is 7.11 Å². The summed E-state index contributed by atoms with van der Waals surface area (Å²) in [5.41, 5.74) is 1.05. The van der Waals surface area contributed by atoms with Crippen molar-refractivity contribution in [3.05, 3.63) is 28.8 Å². The molecule has 0 saturated carbocycles. The van der Waals surface area contributed by atoms with Crippen LogP contribution in [0.25, 0.3) is 0 Å². The van der Waals surface area contributed by atoms with E-state index in [4.69, 9.17) is 25.8 Å². The third kappa shape index (κ3) is 7.10. The van der Waals surface area contributed by atoms with Crippen LogP contribution in [0, 0.1) is 6.92 Å². The molecule has 0 atom stereocenters. The molecule has 0 heterocycles. The zero-order valence-corrected chi connectivity index (χ0v) is 13.1. The van der Waals surface area contributed by atoms with E-state index >= 15 is 0 Å². The van der Waals surface area contributed by atoms with Crippen LogP contribution in [0.1, 0.15) is 12.0 Å². The predicted molar refractivity (Wildman–Crippen MR) is 80.7 cm³/mol. The zero-order valence-electron chi connectivity index (χ0n) is 12.4. The first-order valence-corrected chi connectivity index (χ1v) is 7.39. The second-order valence-corrected chi connectivity index (χ2v) is 4.97. The van der Waals surface area contributed by atoms with Gasteiger partial charge in [0, 0.05) is 13.5 Å². The number of quaternary nitrogens is 1. The topological polar surface area (TPSA) is 44.3 Å². The summed E-state index contributed by atoms with van der Waals surface area (Å²) >= 11 is 6.07. The normalized spacial score (nSPS) is 10.8. The van der Waals surface area contributed by atoms with E-state index in [9.17, 15) is 0 Å². The number of hydrogen-bond donors (Lipinski definition) is 1. The number of rotatable bonds is 11. The van der Waals surface area contributed by atoms with Crippen LogP contribution in [-0.4, -0.2) is 46.6 Å². The summed E-state index contributed by atoms with van der Waals surface area (Å²) in [4.78, 5) is 0. The lowest BCUT2D eigenvalue weighted by molar-refractivity contribution is -0.656. The molecule has 0 amide bonds. The van der Waals surface area contributed by atoms with Gasteiger partial charge in [0.1, 0.15) is 12.4 Å². The summed E-state index contributed by atoms with van der Waals surface area (Å²) in [6.45, 7) is 6.68. The minimum absolute atomic E-state index is 0.522. The Hall–Kier alpha value is -0.810. The molecule has 0 saturated heterocycles. The van der Waals surface area contributed by atoms with Crippen LogP contribution in [0.5, 0.6) is 5.75 Å². The molecule has 20 heavy (non-hydrogen) atoms. The summed E-state index contributed by atoms with van der Waals surface area (Å²) in [5, 5.41) is 2.88. The molecule has 1 aromatic rings. The van der Waals surface area contributed by atoms with E-state index in [1.807, 2.05) is 25.1 Å². The van der Waals surface area contributed by atoms with Crippen molar-refractivity contribution in [2.24, 2.45) is 0 Å². The standard InChI is InChI=1S/C15H24ClNO3/c1-13-5-3-6-14(16)15(13)20-12-11-19-10-8-17-7-4-9-18-2/h3,5-6,17H,4,7-12H2,1-2H3/p+1. The monoisotopic (exact) mass is 302 g/mol. The average molecular weight is 303 g/mol. The largest absolute Gasteiger partial charge is 0.489 e. The fourth-order valence-corrected chi connectivity index (χ4v) is 2.06. The molecule has 0 fully saturated rings. The highest BCUT2D eigenvalue weighted by molar-refractivity contribution is 6.32. The second-order valence-electron chi connectivity index (χ2n) is 4.56. The first-order chi connectivity index (χ1) is 9.75. The quantitative estimate of drug-likeness (QED) is 0.632. The van der Waals surface area contributed by atoms with Crippen molar-refractivity contribution in [1.29, 1.82) is 0 Å². The van der Waals surface area contributed by atoms with Crippen LogP contribution in [0.2, 0.25) is 5.02 Å². The molecular formula is C15H25ClNO3+. The number of ether oxygens (including phenoxy) is 3. The van der Waals surface area contributed by atoms with Gasteiger partial charge in [-0.3, -0.25) is 0 Å². The van der Waals surface area contributed by atoms with Crippen LogP contribution in [0.15, 0.2) is 18.2 Å². The summed E-state index contributed by atoms with van der Waals surface area (Å²) in [5.74, 6) is 0.754. The maximum absolute atomic E-state index is 6.07. The van der Waals surface area contributed by atoms with Crippen molar-refractivity contribution >= 4 is 11.6 Å². The first-order valence-electron chi connectivity index (χ1n) is 7.02. The SMILES string of the molecule is COCCC[NH2+]CCOCCOc1c(C)cccc1Cl. The van der Waals surface area contributed by atoms with Crippen molar-refractivity contribution < 1.29 is 19.5 Å². The molecule has 5 heteroatoms. The van der Waals surface area contributed by atoms with Gasteiger partial charge in [0.2, 0.25) is 0 Å². The van der Waals surface area contributed by atoms with Crippen LogP contribution >= 0.6 is 11.6 Å². The Kier molecular flexibility index (Phi) is 9.41. The molecule has 0 radical (unpaired) electrons. The number of aryl methyl sites for hydroxylation is 1. The van der Waals surface area contributed by atoms with Crippen molar-refractivity contribution in [3.63, 3.8) is 0 Å². The number of para-hydroxylation sites is 1. The molecule has 1 rings (SSSR count). The Balaban J connectivity index is 2.00. The fraction of sp³-hybridized carbons (Fsp3) is 0.600. The predicted octanol–water partition coefficient (Wildman–Crippen LogP) is 1.64. The number of methoxy groups -OCH3 is 1. The minimum atomic E-state index is 0.522. The number of benzene rings is 1. The molecule has 0 aliphatic rings. The van der Waals surface area contributed by atoms with E-state index in [1.165, 1.54) is 0 Å². The molecule has 0 aromatic heterocycles. The summed E-state index contributed by atoms with van der Waals surface area (Å²) in [7, 11) is 1.73. The highest BCUT2D eigenvalue weighted by Gasteiger charge is 2.04. The van der Waals surface area contributed by atoms with E-state index in [-0.39, 0.29) is 0 Å². The highest BCUT2D eigenvalue weighted by atomic mass is 35.5.